The second-order valence-corrected chi connectivity index (χ2v) is 6.16. The summed E-state index contributed by atoms with van der Waals surface area (Å²) >= 11 is 0. The lowest BCUT2D eigenvalue weighted by Gasteiger charge is -2.12. The monoisotopic (exact) mass is 264 g/mol. The molecule has 0 saturated heterocycles. The van der Waals surface area contributed by atoms with Gasteiger partial charge in [0.05, 0.1) is 12.3 Å². The minimum Gasteiger partial charge on any atom is -0.347 e. The van der Waals surface area contributed by atoms with Gasteiger partial charge in [-0.05, 0) is 23.8 Å². The maximum atomic E-state index is 11.1. The van der Waals surface area contributed by atoms with Crippen LogP contribution in [0.25, 0.3) is 0 Å². The van der Waals surface area contributed by atoms with E-state index in [4.69, 9.17) is 0 Å². The van der Waals surface area contributed by atoms with Crippen molar-refractivity contribution in [1.82, 2.24) is 5.32 Å². The number of guanidine groups is 1. The molecule has 0 aliphatic carbocycles. The smallest absolute Gasteiger partial charge is 0.200 e. The Morgan fingerprint density at radius 1 is 1.28 bits per heavy atom. The first-order valence-electron chi connectivity index (χ1n) is 5.39. The zero-order valence-corrected chi connectivity index (χ0v) is 10.7. The van der Waals surface area contributed by atoms with Crippen molar-refractivity contribution in [2.45, 2.75) is 5.75 Å². The van der Waals surface area contributed by atoms with Crippen molar-refractivity contribution in [2.24, 2.45) is 4.99 Å². The molecule has 95 valence electrons. The van der Waals surface area contributed by atoms with Gasteiger partial charge in [-0.1, -0.05) is 12.1 Å². The third kappa shape index (κ3) is 3.89. The van der Waals surface area contributed by atoms with Crippen molar-refractivity contribution >= 4 is 21.5 Å². The standard InChI is InChI=1S/C12H14N3O2S/c1-18(16,17)9-10-3-5-11(6-4-10)15-12-13-7-2-8-14-12/h2-8H,9H2,1H3,(H2,13,14,15). The van der Waals surface area contributed by atoms with Crippen LogP contribution in [0.4, 0.5) is 5.69 Å². The fourth-order valence-electron chi connectivity index (χ4n) is 1.52. The van der Waals surface area contributed by atoms with Crippen molar-refractivity contribution in [3.63, 3.8) is 0 Å². The first-order chi connectivity index (χ1) is 8.53. The average Bonchev–Trinajstić information content (AvgIpc) is 2.31. The molecule has 0 amide bonds. The third-order valence-corrected chi connectivity index (χ3v) is 3.11. The maximum absolute atomic E-state index is 11.1. The topological polar surface area (TPSA) is 70.6 Å². The van der Waals surface area contributed by atoms with E-state index in [1.807, 2.05) is 12.1 Å². The Labute approximate surface area is 107 Å². The number of aliphatic imine (C=N–C) groups is 1. The molecule has 2 rings (SSSR count). The van der Waals surface area contributed by atoms with Crippen LogP contribution in [0, 0.1) is 6.54 Å². The first kappa shape index (κ1) is 12.6. The Morgan fingerprint density at radius 3 is 2.56 bits per heavy atom. The summed E-state index contributed by atoms with van der Waals surface area (Å²) in [5, 5.41) is 6.03. The summed E-state index contributed by atoms with van der Waals surface area (Å²) in [4.78, 5) is 4.09. The quantitative estimate of drug-likeness (QED) is 0.862. The number of nitrogens with zero attached hydrogens (tertiary/aromatic N) is 1. The summed E-state index contributed by atoms with van der Waals surface area (Å²) in [6, 6.07) is 7.21. The molecular formula is C12H14N3O2S. The number of anilines is 1. The van der Waals surface area contributed by atoms with Crippen molar-refractivity contribution in [2.75, 3.05) is 11.6 Å². The van der Waals surface area contributed by atoms with E-state index in [0.717, 1.165) is 11.3 Å². The Bertz CT molecular complexity index is 574. The van der Waals surface area contributed by atoms with Crippen LogP contribution in [-0.2, 0) is 15.6 Å². The van der Waals surface area contributed by atoms with Crippen LogP contribution in [0.3, 0.4) is 0 Å². The van der Waals surface area contributed by atoms with Crippen molar-refractivity contribution in [3.8, 4) is 0 Å². The molecule has 1 aromatic carbocycles. The van der Waals surface area contributed by atoms with Gasteiger partial charge in [0.1, 0.15) is 0 Å². The molecule has 0 spiro atoms. The highest BCUT2D eigenvalue weighted by Gasteiger charge is 2.05. The molecule has 1 aromatic rings. The zero-order valence-electron chi connectivity index (χ0n) is 9.92. The lowest BCUT2D eigenvalue weighted by molar-refractivity contribution is 0.601. The molecule has 0 unspecified atom stereocenters. The van der Waals surface area contributed by atoms with Gasteiger partial charge in [0.15, 0.2) is 9.84 Å². The van der Waals surface area contributed by atoms with Gasteiger partial charge in [0, 0.05) is 18.1 Å². The molecule has 1 aliphatic rings. The van der Waals surface area contributed by atoms with E-state index in [1.165, 1.54) is 6.26 Å². The second-order valence-electron chi connectivity index (χ2n) is 4.02. The molecular weight excluding hydrogens is 250 g/mol. The molecule has 0 atom stereocenters. The predicted octanol–water partition coefficient (Wildman–Crippen LogP) is 1.28. The molecule has 0 aromatic heterocycles. The number of hydrogen-bond acceptors (Lipinski definition) is 5. The lowest BCUT2D eigenvalue weighted by atomic mass is 10.2. The highest BCUT2D eigenvalue weighted by Crippen LogP contribution is 2.12. The molecule has 0 saturated carbocycles. The van der Waals surface area contributed by atoms with E-state index >= 15 is 0 Å². The highest BCUT2D eigenvalue weighted by atomic mass is 32.2. The summed E-state index contributed by atoms with van der Waals surface area (Å²) in [6.45, 7) is 1.77. The number of benzene rings is 1. The minimum absolute atomic E-state index is 0.0585. The van der Waals surface area contributed by atoms with E-state index in [2.05, 4.69) is 15.6 Å². The Hall–Kier alpha value is -1.82. The van der Waals surface area contributed by atoms with E-state index in [1.54, 1.807) is 31.0 Å². The van der Waals surface area contributed by atoms with Crippen LogP contribution >= 0.6 is 0 Å². The lowest BCUT2D eigenvalue weighted by Crippen LogP contribution is -2.29. The molecule has 1 radical (unpaired) electrons. The molecule has 1 heterocycles. The second kappa shape index (κ2) is 5.22. The molecule has 1 aliphatic heterocycles. The van der Waals surface area contributed by atoms with Crippen molar-refractivity contribution in [1.29, 1.82) is 0 Å². The van der Waals surface area contributed by atoms with Crippen LogP contribution in [0.2, 0.25) is 0 Å². The summed E-state index contributed by atoms with van der Waals surface area (Å²) in [6.07, 6.45) is 4.69. The SMILES string of the molecule is CS(=O)(=O)Cc1ccc(NC2=NC=C[CH]N2)cc1. The van der Waals surface area contributed by atoms with E-state index in [9.17, 15) is 8.42 Å². The zero-order chi connectivity index (χ0) is 13.0. The molecule has 6 heteroatoms. The molecule has 5 nitrogen and oxygen atoms in total. The number of sulfone groups is 1. The summed E-state index contributed by atoms with van der Waals surface area (Å²) < 4.78 is 22.3. The van der Waals surface area contributed by atoms with Gasteiger partial charge >= 0.3 is 0 Å². The maximum Gasteiger partial charge on any atom is 0.200 e. The average molecular weight is 264 g/mol. The van der Waals surface area contributed by atoms with Crippen molar-refractivity contribution < 1.29 is 8.42 Å². The Kier molecular flexibility index (Phi) is 3.66. The van der Waals surface area contributed by atoms with Crippen LogP contribution in [0.5, 0.6) is 0 Å². The number of rotatable bonds is 3. The summed E-state index contributed by atoms with van der Waals surface area (Å²) in [5.74, 6) is 0.691. The van der Waals surface area contributed by atoms with Crippen LogP contribution in [0.15, 0.2) is 41.5 Å². The summed E-state index contributed by atoms with van der Waals surface area (Å²) in [5.41, 5.74) is 1.62. The van der Waals surface area contributed by atoms with Gasteiger partial charge in [0.2, 0.25) is 5.96 Å². The van der Waals surface area contributed by atoms with E-state index < -0.39 is 9.84 Å². The third-order valence-electron chi connectivity index (χ3n) is 2.25. The fraction of sp³-hybridized carbons (Fsp3) is 0.167. The Morgan fingerprint density at radius 2 is 2.00 bits per heavy atom. The molecule has 18 heavy (non-hydrogen) atoms. The largest absolute Gasteiger partial charge is 0.347 e. The van der Waals surface area contributed by atoms with Gasteiger partial charge < -0.3 is 10.6 Å². The molecule has 0 fully saturated rings. The van der Waals surface area contributed by atoms with Crippen LogP contribution in [0.1, 0.15) is 5.56 Å². The van der Waals surface area contributed by atoms with E-state index in [0.29, 0.717) is 5.96 Å². The normalized spacial score (nSPS) is 14.8. The van der Waals surface area contributed by atoms with Crippen LogP contribution in [-0.4, -0.2) is 20.6 Å². The number of hydrogen-bond donors (Lipinski definition) is 2. The highest BCUT2D eigenvalue weighted by molar-refractivity contribution is 7.89. The number of nitrogens with one attached hydrogen (secondary N) is 2. The van der Waals surface area contributed by atoms with Gasteiger partial charge in [-0.25, -0.2) is 13.4 Å². The predicted molar refractivity (Wildman–Crippen MR) is 72.6 cm³/mol. The molecule has 0 bridgehead atoms. The van der Waals surface area contributed by atoms with Gasteiger partial charge in [-0.15, -0.1) is 0 Å². The van der Waals surface area contributed by atoms with E-state index in [-0.39, 0.29) is 5.75 Å². The first-order valence-corrected chi connectivity index (χ1v) is 7.45. The summed E-state index contributed by atoms with van der Waals surface area (Å²) in [7, 11) is -2.99. The van der Waals surface area contributed by atoms with Crippen molar-refractivity contribution in [3.05, 3.63) is 48.6 Å². The fourth-order valence-corrected chi connectivity index (χ4v) is 2.31. The minimum atomic E-state index is -2.99. The van der Waals surface area contributed by atoms with Crippen LogP contribution < -0.4 is 10.6 Å². The Balaban J connectivity index is 2.03. The van der Waals surface area contributed by atoms with Gasteiger partial charge in [-0.3, -0.25) is 0 Å². The van der Waals surface area contributed by atoms with Gasteiger partial charge in [0.25, 0.3) is 0 Å². The molecule has 2 N–H and O–H groups in total. The van der Waals surface area contributed by atoms with Gasteiger partial charge in [-0.2, -0.15) is 0 Å².